The van der Waals surface area contributed by atoms with Gasteiger partial charge in [-0.05, 0) is 46.5 Å². The molecule has 7 heteroatoms. The summed E-state index contributed by atoms with van der Waals surface area (Å²) in [5, 5.41) is 23.4. The van der Waals surface area contributed by atoms with Crippen molar-refractivity contribution in [1.82, 2.24) is 0 Å². The highest BCUT2D eigenvalue weighted by atomic mass is 35.5. The van der Waals surface area contributed by atoms with Gasteiger partial charge in [0.1, 0.15) is 11.5 Å². The summed E-state index contributed by atoms with van der Waals surface area (Å²) in [5.41, 5.74) is 2.31. The minimum atomic E-state index is -1.40. The number of hydrogen-bond donors (Lipinski definition) is 3. The number of fused-ring (bicyclic) bond motifs is 1. The first kappa shape index (κ1) is 21.6. The van der Waals surface area contributed by atoms with E-state index in [1.165, 1.54) is 0 Å². The molecular formula is C26H22ClNO5. The quantitative estimate of drug-likeness (QED) is 0.513. The van der Waals surface area contributed by atoms with E-state index in [1.54, 1.807) is 24.3 Å². The molecule has 0 aliphatic heterocycles. The number of anilines is 1. The van der Waals surface area contributed by atoms with Crippen LogP contribution in [-0.2, 0) is 19.9 Å². The number of rotatable bonds is 6. The van der Waals surface area contributed by atoms with Crippen molar-refractivity contribution in [3.63, 3.8) is 0 Å². The van der Waals surface area contributed by atoms with Crippen molar-refractivity contribution < 1.29 is 24.5 Å². The topological polar surface area (TPSA) is 95.9 Å². The zero-order chi connectivity index (χ0) is 23.2. The number of aliphatic carboxylic acids is 1. The Morgan fingerprint density at radius 2 is 1.52 bits per heavy atom. The molecule has 2 atom stereocenters. The van der Waals surface area contributed by atoms with Gasteiger partial charge in [-0.3, -0.25) is 9.59 Å². The third-order valence-electron chi connectivity index (χ3n) is 6.65. The lowest BCUT2D eigenvalue weighted by Gasteiger charge is -2.55. The minimum Gasteiger partial charge on any atom is -0.481 e. The van der Waals surface area contributed by atoms with Gasteiger partial charge in [0.25, 0.3) is 0 Å². The normalized spacial score (nSPS) is 24.6. The lowest BCUT2D eigenvalue weighted by atomic mass is 9.51. The van der Waals surface area contributed by atoms with Crippen molar-refractivity contribution in [1.29, 1.82) is 0 Å². The third kappa shape index (κ3) is 3.25. The van der Waals surface area contributed by atoms with E-state index in [0.717, 1.165) is 22.3 Å². The number of carboxylic acid groups (broad SMARTS) is 1. The van der Waals surface area contributed by atoms with Gasteiger partial charge in [0.2, 0.25) is 5.91 Å². The first-order valence-electron chi connectivity index (χ1n) is 10.7. The van der Waals surface area contributed by atoms with E-state index < -0.39 is 35.2 Å². The van der Waals surface area contributed by atoms with E-state index in [-0.39, 0.29) is 13.2 Å². The average molecular weight is 464 g/mol. The van der Waals surface area contributed by atoms with Crippen LogP contribution in [0.15, 0.2) is 72.8 Å². The van der Waals surface area contributed by atoms with Crippen LogP contribution in [0.3, 0.4) is 0 Å². The van der Waals surface area contributed by atoms with Gasteiger partial charge >= 0.3 is 5.97 Å². The van der Waals surface area contributed by atoms with Crippen LogP contribution in [0, 0.1) is 11.8 Å². The molecule has 0 aromatic heterocycles. The third-order valence-corrected chi connectivity index (χ3v) is 6.90. The lowest BCUT2D eigenvalue weighted by molar-refractivity contribution is -0.169. The molecule has 3 aromatic carbocycles. The molecule has 2 unspecified atom stereocenters. The van der Waals surface area contributed by atoms with Crippen LogP contribution in [-0.4, -0.2) is 35.3 Å². The summed E-state index contributed by atoms with van der Waals surface area (Å²) in [7, 11) is 0. The van der Waals surface area contributed by atoms with Gasteiger partial charge in [0.05, 0.1) is 19.1 Å². The molecule has 0 saturated carbocycles. The van der Waals surface area contributed by atoms with E-state index in [0.29, 0.717) is 10.7 Å². The van der Waals surface area contributed by atoms with Crippen LogP contribution < -0.4 is 5.32 Å². The molecule has 6 nitrogen and oxygen atoms in total. The maximum atomic E-state index is 13.7. The van der Waals surface area contributed by atoms with Gasteiger partial charge in [-0.15, -0.1) is 0 Å². The van der Waals surface area contributed by atoms with Crippen molar-refractivity contribution in [3.8, 4) is 0 Å². The molecule has 0 saturated heterocycles. The number of ether oxygens (including phenoxy) is 1. The van der Waals surface area contributed by atoms with Crippen molar-refractivity contribution in [3.05, 3.63) is 100 Å². The molecule has 0 fully saturated rings. The predicted molar refractivity (Wildman–Crippen MR) is 123 cm³/mol. The molecule has 0 spiro atoms. The van der Waals surface area contributed by atoms with Crippen molar-refractivity contribution in [2.45, 2.75) is 11.5 Å². The predicted octanol–water partition coefficient (Wildman–Crippen LogP) is 4.01. The Morgan fingerprint density at radius 1 is 0.939 bits per heavy atom. The number of carboxylic acids is 1. The molecule has 1 amide bonds. The number of aliphatic hydroxyl groups excluding tert-OH is 1. The van der Waals surface area contributed by atoms with E-state index in [4.69, 9.17) is 16.3 Å². The van der Waals surface area contributed by atoms with E-state index in [2.05, 4.69) is 5.32 Å². The van der Waals surface area contributed by atoms with Gasteiger partial charge in [-0.1, -0.05) is 60.1 Å². The van der Waals surface area contributed by atoms with Crippen LogP contribution in [0.4, 0.5) is 5.69 Å². The first-order valence-corrected chi connectivity index (χ1v) is 11.1. The van der Waals surface area contributed by atoms with Gasteiger partial charge in [0, 0.05) is 16.6 Å². The molecule has 3 aliphatic rings. The van der Waals surface area contributed by atoms with Crippen LogP contribution >= 0.6 is 11.6 Å². The largest absolute Gasteiger partial charge is 0.481 e. The second-order valence-electron chi connectivity index (χ2n) is 8.30. The fraction of sp³-hybridized carbons (Fsp3) is 0.231. The van der Waals surface area contributed by atoms with Gasteiger partial charge < -0.3 is 20.3 Å². The molecule has 0 heterocycles. The van der Waals surface area contributed by atoms with Crippen LogP contribution in [0.1, 0.15) is 28.2 Å². The van der Waals surface area contributed by atoms with Gasteiger partial charge in [0.15, 0.2) is 0 Å². The molecule has 3 aromatic rings. The van der Waals surface area contributed by atoms with Crippen LogP contribution in [0.25, 0.3) is 0 Å². The summed E-state index contributed by atoms with van der Waals surface area (Å²) in [4.78, 5) is 26.5. The molecule has 33 heavy (non-hydrogen) atoms. The molecular weight excluding hydrogens is 442 g/mol. The summed E-state index contributed by atoms with van der Waals surface area (Å²) in [6.45, 7) is -0.341. The Kier molecular flexibility index (Phi) is 5.44. The zero-order valence-corrected chi connectivity index (χ0v) is 18.3. The number of amides is 1. The number of aliphatic hydroxyl groups is 1. The van der Waals surface area contributed by atoms with Crippen molar-refractivity contribution in [2.75, 3.05) is 18.5 Å². The fourth-order valence-electron chi connectivity index (χ4n) is 5.53. The monoisotopic (exact) mass is 463 g/mol. The number of benzene rings is 3. The summed E-state index contributed by atoms with van der Waals surface area (Å²) < 4.78 is 6.25. The highest BCUT2D eigenvalue weighted by Gasteiger charge is 2.64. The Balaban J connectivity index is 1.72. The molecule has 2 bridgehead atoms. The number of halogens is 1. The van der Waals surface area contributed by atoms with Gasteiger partial charge in [-0.25, -0.2) is 0 Å². The smallest absolute Gasteiger partial charge is 0.311 e. The highest BCUT2D eigenvalue weighted by molar-refractivity contribution is 6.30. The molecule has 0 radical (unpaired) electrons. The summed E-state index contributed by atoms with van der Waals surface area (Å²) >= 11 is 5.96. The Bertz CT molecular complexity index is 1180. The first-order chi connectivity index (χ1) is 16.0. The minimum absolute atomic E-state index is 0.0668. The maximum Gasteiger partial charge on any atom is 0.311 e. The van der Waals surface area contributed by atoms with E-state index in [1.807, 2.05) is 48.5 Å². The Morgan fingerprint density at radius 3 is 2.06 bits per heavy atom. The molecule has 168 valence electrons. The second kappa shape index (κ2) is 8.30. The highest BCUT2D eigenvalue weighted by Crippen LogP contribution is 2.62. The van der Waals surface area contributed by atoms with Crippen molar-refractivity contribution >= 4 is 29.2 Å². The lowest BCUT2D eigenvalue weighted by Crippen LogP contribution is -2.59. The SMILES string of the molecule is O=C(Nc1ccc(Cl)cc1)C1C2c3ccccc3C(OCCO)(c3ccccc32)C1C(=O)O. The van der Waals surface area contributed by atoms with Crippen molar-refractivity contribution in [2.24, 2.45) is 11.8 Å². The summed E-state index contributed by atoms with van der Waals surface area (Å²) in [5.74, 6) is -4.10. The molecule has 6 rings (SSSR count). The average Bonchev–Trinajstić information content (AvgIpc) is 2.83. The summed E-state index contributed by atoms with van der Waals surface area (Å²) in [6, 6.07) is 21.7. The van der Waals surface area contributed by atoms with Crippen LogP contribution in [0.5, 0.6) is 0 Å². The van der Waals surface area contributed by atoms with Gasteiger partial charge in [-0.2, -0.15) is 0 Å². The Labute approximate surface area is 195 Å². The molecule has 3 aliphatic carbocycles. The standard InChI is InChI=1S/C26H22ClNO5/c27-15-9-11-16(12-10-15)28-24(30)22-21-17-5-1-3-7-19(17)26(33-14-13-29,23(22)25(31)32)20-8-4-2-6-18(20)21/h1-12,21-23,29H,13-14H2,(H,28,30)(H,31,32). The fourth-order valence-corrected chi connectivity index (χ4v) is 5.66. The number of nitrogens with one attached hydrogen (secondary N) is 1. The Hall–Kier alpha value is -3.19. The van der Waals surface area contributed by atoms with E-state index >= 15 is 0 Å². The number of carbonyl (C=O) groups is 2. The second-order valence-corrected chi connectivity index (χ2v) is 8.73. The maximum absolute atomic E-state index is 13.7. The zero-order valence-electron chi connectivity index (χ0n) is 17.6. The van der Waals surface area contributed by atoms with Crippen LogP contribution in [0.2, 0.25) is 5.02 Å². The van der Waals surface area contributed by atoms with E-state index in [9.17, 15) is 19.8 Å². The number of carbonyl (C=O) groups excluding carboxylic acids is 1. The number of hydrogen-bond acceptors (Lipinski definition) is 4. The summed E-state index contributed by atoms with van der Waals surface area (Å²) in [6.07, 6.45) is 0. The molecule has 3 N–H and O–H groups in total.